The fourth-order valence-electron chi connectivity index (χ4n) is 1.45. The van der Waals surface area contributed by atoms with Gasteiger partial charge >= 0.3 is 5.97 Å². The summed E-state index contributed by atoms with van der Waals surface area (Å²) in [5, 5.41) is 3.69. The minimum Gasteiger partial charge on any atom is -0.318 e. The highest BCUT2D eigenvalue weighted by Gasteiger charge is 2.17. The van der Waals surface area contributed by atoms with E-state index in [1.54, 1.807) is 24.3 Å². The van der Waals surface area contributed by atoms with E-state index in [1.165, 1.54) is 19.1 Å². The van der Waals surface area contributed by atoms with Crippen molar-refractivity contribution in [2.75, 3.05) is 0 Å². The summed E-state index contributed by atoms with van der Waals surface area (Å²) in [5.74, 6) is -0.562. The van der Waals surface area contributed by atoms with Crippen molar-refractivity contribution in [1.82, 2.24) is 0 Å². The molecule has 4 heteroatoms. The smallest absolute Gasteiger partial charge is 0.318 e. The van der Waals surface area contributed by atoms with E-state index < -0.39 is 5.97 Å². The number of oxime groups is 1. The fourth-order valence-corrected chi connectivity index (χ4v) is 1.45. The third kappa shape index (κ3) is 1.91. The van der Waals surface area contributed by atoms with Crippen molar-refractivity contribution in [1.29, 1.82) is 0 Å². The van der Waals surface area contributed by atoms with Crippen LogP contribution < -0.4 is 0 Å². The van der Waals surface area contributed by atoms with Gasteiger partial charge in [-0.25, -0.2) is 4.79 Å². The molecule has 0 heterocycles. The number of benzene rings is 1. The van der Waals surface area contributed by atoms with Crippen LogP contribution in [0.1, 0.15) is 22.8 Å². The largest absolute Gasteiger partial charge is 0.332 e. The van der Waals surface area contributed by atoms with Crippen LogP contribution in [0.4, 0.5) is 0 Å². The van der Waals surface area contributed by atoms with Gasteiger partial charge in [0.2, 0.25) is 0 Å². The maximum absolute atomic E-state index is 11.5. The Morgan fingerprint density at radius 1 is 1.19 bits per heavy atom. The van der Waals surface area contributed by atoms with Crippen LogP contribution in [-0.2, 0) is 9.63 Å². The molecule has 2 rings (SSSR count). The fraction of sp³-hybridized carbons (Fsp3) is 0.0833. The summed E-state index contributed by atoms with van der Waals surface area (Å²) in [6.07, 6.45) is 2.94. The zero-order valence-corrected chi connectivity index (χ0v) is 8.64. The minimum absolute atomic E-state index is 0.0719. The highest BCUT2D eigenvalue weighted by molar-refractivity contribution is 6.23. The number of hydrogen-bond acceptors (Lipinski definition) is 4. The van der Waals surface area contributed by atoms with Gasteiger partial charge in [-0.1, -0.05) is 29.4 Å². The molecule has 0 atom stereocenters. The standard InChI is InChI=1S/C12H9NO3/c1-8(14)16-13-11-6-7-12(15)10-5-3-2-4-9(10)11/h2-7H,1H3/b13-11+. The molecule has 1 aromatic rings. The number of fused-ring (bicyclic) bond motifs is 1. The molecule has 0 aromatic heterocycles. The van der Waals surface area contributed by atoms with Crippen LogP contribution in [0.3, 0.4) is 0 Å². The third-order valence-corrected chi connectivity index (χ3v) is 2.13. The summed E-state index contributed by atoms with van der Waals surface area (Å²) in [5.41, 5.74) is 1.72. The van der Waals surface area contributed by atoms with Crippen molar-refractivity contribution in [3.05, 3.63) is 47.5 Å². The predicted octanol–water partition coefficient (Wildman–Crippen LogP) is 1.71. The maximum atomic E-state index is 11.5. The number of nitrogens with zero attached hydrogens (tertiary/aromatic N) is 1. The van der Waals surface area contributed by atoms with E-state index in [2.05, 4.69) is 9.99 Å². The molecule has 4 nitrogen and oxygen atoms in total. The molecule has 80 valence electrons. The van der Waals surface area contributed by atoms with Crippen molar-refractivity contribution in [2.45, 2.75) is 6.92 Å². The lowest BCUT2D eigenvalue weighted by molar-refractivity contribution is -0.140. The quantitative estimate of drug-likeness (QED) is 0.529. The van der Waals surface area contributed by atoms with Crippen LogP contribution in [0.15, 0.2) is 41.6 Å². The number of rotatable bonds is 1. The molecule has 0 fully saturated rings. The van der Waals surface area contributed by atoms with Crippen molar-refractivity contribution in [2.24, 2.45) is 5.16 Å². The summed E-state index contributed by atoms with van der Waals surface area (Å²) < 4.78 is 0. The van der Waals surface area contributed by atoms with Crippen LogP contribution in [-0.4, -0.2) is 17.5 Å². The van der Waals surface area contributed by atoms with Gasteiger partial charge in [0.25, 0.3) is 0 Å². The molecule has 1 aromatic carbocycles. The first-order valence-electron chi connectivity index (χ1n) is 4.76. The Bertz CT molecular complexity index is 515. The topological polar surface area (TPSA) is 55.7 Å². The van der Waals surface area contributed by atoms with Crippen molar-refractivity contribution < 1.29 is 14.4 Å². The average Bonchev–Trinajstić information content (AvgIpc) is 2.28. The second kappa shape index (κ2) is 4.10. The highest BCUT2D eigenvalue weighted by Crippen LogP contribution is 2.16. The van der Waals surface area contributed by atoms with Crippen LogP contribution >= 0.6 is 0 Å². The molecule has 0 bridgehead atoms. The van der Waals surface area contributed by atoms with Gasteiger partial charge in [0, 0.05) is 18.1 Å². The molecule has 16 heavy (non-hydrogen) atoms. The van der Waals surface area contributed by atoms with E-state index in [4.69, 9.17) is 0 Å². The van der Waals surface area contributed by atoms with Gasteiger partial charge in [0.1, 0.15) is 5.71 Å². The Morgan fingerprint density at radius 2 is 1.88 bits per heavy atom. The first-order valence-corrected chi connectivity index (χ1v) is 4.76. The van der Waals surface area contributed by atoms with Gasteiger partial charge in [-0.2, -0.15) is 0 Å². The Kier molecular flexibility index (Phi) is 2.64. The summed E-state index contributed by atoms with van der Waals surface area (Å²) in [4.78, 5) is 26.7. The highest BCUT2D eigenvalue weighted by atomic mass is 16.7. The van der Waals surface area contributed by atoms with E-state index in [1.807, 2.05) is 0 Å². The van der Waals surface area contributed by atoms with Crippen molar-refractivity contribution in [3.8, 4) is 0 Å². The first-order chi connectivity index (χ1) is 7.68. The number of carbonyl (C=O) groups is 2. The molecule has 0 spiro atoms. The predicted molar refractivity (Wildman–Crippen MR) is 58.2 cm³/mol. The number of carbonyl (C=O) groups excluding carboxylic acids is 2. The molecule has 0 radical (unpaired) electrons. The van der Waals surface area contributed by atoms with Crippen LogP contribution in [0.5, 0.6) is 0 Å². The molecule has 0 saturated carbocycles. The van der Waals surface area contributed by atoms with E-state index in [0.717, 1.165) is 0 Å². The van der Waals surface area contributed by atoms with Gasteiger partial charge in [-0.3, -0.25) is 4.79 Å². The van der Waals surface area contributed by atoms with E-state index in [0.29, 0.717) is 16.8 Å². The SMILES string of the molecule is CC(=O)O/N=C1\C=CC(=O)c2ccccc21. The molecular weight excluding hydrogens is 206 g/mol. The summed E-state index contributed by atoms with van der Waals surface area (Å²) >= 11 is 0. The van der Waals surface area contributed by atoms with Gasteiger partial charge in [-0.15, -0.1) is 0 Å². The molecule has 1 aliphatic rings. The Balaban J connectivity index is 2.43. The Labute approximate surface area is 92.2 Å². The Morgan fingerprint density at radius 3 is 2.56 bits per heavy atom. The average molecular weight is 215 g/mol. The van der Waals surface area contributed by atoms with Crippen molar-refractivity contribution >= 4 is 17.5 Å². The number of hydrogen-bond donors (Lipinski definition) is 0. The summed E-state index contributed by atoms with van der Waals surface area (Å²) in [6.45, 7) is 1.27. The lowest BCUT2D eigenvalue weighted by Crippen LogP contribution is -2.12. The van der Waals surface area contributed by atoms with Crippen molar-refractivity contribution in [3.63, 3.8) is 0 Å². The summed E-state index contributed by atoms with van der Waals surface area (Å²) in [7, 11) is 0. The van der Waals surface area contributed by atoms with Crippen LogP contribution in [0.2, 0.25) is 0 Å². The molecule has 1 aliphatic carbocycles. The van der Waals surface area contributed by atoms with Gasteiger partial charge in [0.05, 0.1) is 0 Å². The molecule has 0 aliphatic heterocycles. The van der Waals surface area contributed by atoms with E-state index in [9.17, 15) is 9.59 Å². The lowest BCUT2D eigenvalue weighted by Gasteiger charge is -2.10. The van der Waals surface area contributed by atoms with E-state index in [-0.39, 0.29) is 5.78 Å². The molecule has 0 saturated heterocycles. The Hall–Kier alpha value is -2.23. The number of allylic oxidation sites excluding steroid dienone is 2. The zero-order valence-electron chi connectivity index (χ0n) is 8.64. The van der Waals surface area contributed by atoms with Crippen LogP contribution in [0, 0.1) is 0 Å². The lowest BCUT2D eigenvalue weighted by atomic mass is 9.95. The molecule has 0 amide bonds. The maximum Gasteiger partial charge on any atom is 0.332 e. The third-order valence-electron chi connectivity index (χ3n) is 2.13. The van der Waals surface area contributed by atoms with Gasteiger partial charge in [0.15, 0.2) is 5.78 Å². The minimum atomic E-state index is -0.490. The molecule has 0 unspecified atom stereocenters. The second-order valence-electron chi connectivity index (χ2n) is 3.30. The van der Waals surface area contributed by atoms with E-state index >= 15 is 0 Å². The summed E-state index contributed by atoms with van der Waals surface area (Å²) in [6, 6.07) is 7.05. The molecule has 0 N–H and O–H groups in total. The van der Waals surface area contributed by atoms with Gasteiger partial charge in [-0.05, 0) is 12.2 Å². The normalized spacial score (nSPS) is 16.1. The number of ketones is 1. The van der Waals surface area contributed by atoms with Gasteiger partial charge < -0.3 is 4.84 Å². The first kappa shape index (κ1) is 10.3. The monoisotopic (exact) mass is 215 g/mol. The second-order valence-corrected chi connectivity index (χ2v) is 3.30. The zero-order chi connectivity index (χ0) is 11.5. The molecular formula is C12H9NO3. The van der Waals surface area contributed by atoms with Crippen LogP contribution in [0.25, 0.3) is 0 Å².